The maximum Gasteiger partial charge on any atom is 0.295 e. The largest absolute Gasteiger partial charge is 0.459 e. The SMILES string of the molecule is CSc1cccc2sc(N(CC[NH+]3CCOCC3)C(=O)c3ccco3)nc12. The molecule has 0 atom stereocenters. The van der Waals surface area contributed by atoms with E-state index in [0.29, 0.717) is 12.3 Å². The van der Waals surface area contributed by atoms with Crippen molar-refractivity contribution >= 4 is 44.4 Å². The van der Waals surface area contributed by atoms with Gasteiger partial charge in [0.2, 0.25) is 0 Å². The highest BCUT2D eigenvalue weighted by atomic mass is 32.2. The Morgan fingerprint density at radius 2 is 2.15 bits per heavy atom. The van der Waals surface area contributed by atoms with Gasteiger partial charge in [-0.15, -0.1) is 11.8 Å². The summed E-state index contributed by atoms with van der Waals surface area (Å²) < 4.78 is 11.9. The summed E-state index contributed by atoms with van der Waals surface area (Å²) in [5.74, 6) is 0.203. The Balaban J connectivity index is 1.63. The molecule has 1 amide bonds. The van der Waals surface area contributed by atoms with Gasteiger partial charge in [0.25, 0.3) is 5.91 Å². The number of fused-ring (bicyclic) bond motifs is 1. The van der Waals surface area contributed by atoms with Crippen molar-refractivity contribution in [2.24, 2.45) is 0 Å². The van der Waals surface area contributed by atoms with E-state index in [2.05, 4.69) is 12.1 Å². The van der Waals surface area contributed by atoms with E-state index in [9.17, 15) is 4.79 Å². The van der Waals surface area contributed by atoms with Crippen LogP contribution in [0.5, 0.6) is 0 Å². The van der Waals surface area contributed by atoms with Gasteiger partial charge in [0.15, 0.2) is 10.9 Å². The van der Waals surface area contributed by atoms with E-state index in [1.807, 2.05) is 12.3 Å². The van der Waals surface area contributed by atoms with Gasteiger partial charge < -0.3 is 14.1 Å². The second-order valence-corrected chi connectivity index (χ2v) is 8.21. The lowest BCUT2D eigenvalue weighted by Gasteiger charge is -2.26. The molecule has 0 radical (unpaired) electrons. The number of nitrogens with zero attached hydrogens (tertiary/aromatic N) is 2. The van der Waals surface area contributed by atoms with Crippen LogP contribution in [0.15, 0.2) is 45.9 Å². The molecule has 27 heavy (non-hydrogen) atoms. The lowest BCUT2D eigenvalue weighted by Crippen LogP contribution is -3.14. The molecule has 8 heteroatoms. The molecule has 4 rings (SSSR count). The summed E-state index contributed by atoms with van der Waals surface area (Å²) in [5, 5.41) is 0.723. The molecule has 1 saturated heterocycles. The van der Waals surface area contributed by atoms with Crippen LogP contribution < -0.4 is 9.80 Å². The molecular weight excluding hydrogens is 382 g/mol. The van der Waals surface area contributed by atoms with Crippen molar-refractivity contribution in [3.8, 4) is 0 Å². The Kier molecular flexibility index (Phi) is 5.77. The van der Waals surface area contributed by atoms with Crippen LogP contribution in [0.1, 0.15) is 10.6 Å². The van der Waals surface area contributed by atoms with Crippen LogP contribution in [0, 0.1) is 0 Å². The van der Waals surface area contributed by atoms with Gasteiger partial charge in [-0.1, -0.05) is 17.4 Å². The zero-order chi connectivity index (χ0) is 18.6. The number of carbonyl (C=O) groups is 1. The Morgan fingerprint density at radius 1 is 1.30 bits per heavy atom. The van der Waals surface area contributed by atoms with Gasteiger partial charge in [-0.25, -0.2) is 4.98 Å². The number of nitrogens with one attached hydrogen (secondary N) is 1. The molecule has 1 N–H and O–H groups in total. The number of benzene rings is 1. The number of para-hydroxylation sites is 1. The number of thioether (sulfide) groups is 1. The molecule has 0 bridgehead atoms. The van der Waals surface area contributed by atoms with Crippen molar-refractivity contribution in [2.75, 3.05) is 50.5 Å². The highest BCUT2D eigenvalue weighted by molar-refractivity contribution is 7.98. The minimum atomic E-state index is -0.141. The van der Waals surface area contributed by atoms with Crippen molar-refractivity contribution in [3.63, 3.8) is 0 Å². The van der Waals surface area contributed by atoms with Gasteiger partial charge in [-0.3, -0.25) is 9.69 Å². The molecule has 3 aromatic rings. The van der Waals surface area contributed by atoms with Crippen molar-refractivity contribution in [2.45, 2.75) is 4.90 Å². The number of anilines is 1. The highest BCUT2D eigenvalue weighted by Gasteiger charge is 2.26. The van der Waals surface area contributed by atoms with Crippen LogP contribution in [-0.4, -0.2) is 56.5 Å². The van der Waals surface area contributed by atoms with E-state index >= 15 is 0 Å². The summed E-state index contributed by atoms with van der Waals surface area (Å²) in [6.07, 6.45) is 3.57. The summed E-state index contributed by atoms with van der Waals surface area (Å²) in [6.45, 7) is 4.96. The predicted molar refractivity (Wildman–Crippen MR) is 108 cm³/mol. The quantitative estimate of drug-likeness (QED) is 0.638. The molecule has 1 fully saturated rings. The first-order chi connectivity index (χ1) is 13.3. The third-order valence-corrected chi connectivity index (χ3v) is 6.50. The molecular formula is C19H22N3O3S2+. The van der Waals surface area contributed by atoms with E-state index in [1.165, 1.54) is 11.2 Å². The maximum atomic E-state index is 13.1. The highest BCUT2D eigenvalue weighted by Crippen LogP contribution is 2.34. The fourth-order valence-electron chi connectivity index (χ4n) is 3.19. The lowest BCUT2D eigenvalue weighted by molar-refractivity contribution is -0.906. The number of furan rings is 1. The summed E-state index contributed by atoms with van der Waals surface area (Å²) >= 11 is 3.22. The molecule has 0 aliphatic carbocycles. The van der Waals surface area contributed by atoms with Crippen molar-refractivity contribution in [1.82, 2.24) is 4.98 Å². The number of quaternary nitrogens is 1. The predicted octanol–water partition coefficient (Wildman–Crippen LogP) is 2.17. The summed E-state index contributed by atoms with van der Waals surface area (Å²) in [6, 6.07) is 9.60. The number of amides is 1. The minimum Gasteiger partial charge on any atom is -0.459 e. The minimum absolute atomic E-state index is 0.141. The van der Waals surface area contributed by atoms with Gasteiger partial charge in [0.1, 0.15) is 13.1 Å². The molecule has 1 aromatic carbocycles. The van der Waals surface area contributed by atoms with Gasteiger partial charge in [-0.05, 0) is 30.5 Å². The number of ether oxygens (including phenoxy) is 1. The molecule has 1 aliphatic rings. The number of morpholine rings is 1. The molecule has 3 heterocycles. The standard InChI is InChI=1S/C19H21N3O3S2/c1-26-15-5-2-6-16-17(15)20-19(27-16)22(18(23)14-4-3-11-25-14)8-7-21-9-12-24-13-10-21/h2-6,11H,7-10,12-13H2,1H3/p+1. The van der Waals surface area contributed by atoms with Crippen molar-refractivity contribution < 1.29 is 18.8 Å². The number of hydrogen-bond donors (Lipinski definition) is 1. The molecule has 142 valence electrons. The van der Waals surface area contributed by atoms with Crippen molar-refractivity contribution in [1.29, 1.82) is 0 Å². The van der Waals surface area contributed by atoms with Gasteiger partial charge in [0, 0.05) is 4.90 Å². The van der Waals surface area contributed by atoms with E-state index < -0.39 is 0 Å². The Morgan fingerprint density at radius 3 is 2.89 bits per heavy atom. The second-order valence-electron chi connectivity index (χ2n) is 6.35. The molecule has 0 unspecified atom stereocenters. The van der Waals surface area contributed by atoms with Gasteiger partial charge >= 0.3 is 0 Å². The fraction of sp³-hybridized carbons (Fsp3) is 0.368. The smallest absolute Gasteiger partial charge is 0.295 e. The van der Waals surface area contributed by atoms with Crippen LogP contribution in [0.25, 0.3) is 10.2 Å². The zero-order valence-corrected chi connectivity index (χ0v) is 16.8. The summed E-state index contributed by atoms with van der Waals surface area (Å²) in [7, 11) is 0. The number of thiazole rings is 1. The van der Waals surface area contributed by atoms with Gasteiger partial charge in [0.05, 0.1) is 42.8 Å². The molecule has 0 saturated carbocycles. The van der Waals surface area contributed by atoms with Crippen LogP contribution in [0.3, 0.4) is 0 Å². The van der Waals surface area contributed by atoms with Crippen LogP contribution in [0.2, 0.25) is 0 Å². The Hall–Kier alpha value is -1.87. The van der Waals surface area contributed by atoms with Crippen LogP contribution >= 0.6 is 23.1 Å². The first-order valence-electron chi connectivity index (χ1n) is 8.96. The first-order valence-corrected chi connectivity index (χ1v) is 11.0. The number of carbonyl (C=O) groups excluding carboxylic acids is 1. The van der Waals surface area contributed by atoms with E-state index in [0.717, 1.165) is 53.1 Å². The number of aromatic nitrogens is 1. The maximum absolute atomic E-state index is 13.1. The third-order valence-electron chi connectivity index (χ3n) is 4.69. The normalized spacial score (nSPS) is 15.3. The van der Waals surface area contributed by atoms with E-state index in [-0.39, 0.29) is 5.91 Å². The van der Waals surface area contributed by atoms with Gasteiger partial charge in [-0.2, -0.15) is 0 Å². The zero-order valence-electron chi connectivity index (χ0n) is 15.1. The monoisotopic (exact) mass is 404 g/mol. The summed E-state index contributed by atoms with van der Waals surface area (Å²) in [4.78, 5) is 22.2. The summed E-state index contributed by atoms with van der Waals surface area (Å²) in [5.41, 5.74) is 0.959. The lowest BCUT2D eigenvalue weighted by atomic mass is 10.3. The van der Waals surface area contributed by atoms with E-state index in [4.69, 9.17) is 14.1 Å². The fourth-order valence-corrected chi connectivity index (χ4v) is 4.83. The average molecular weight is 405 g/mol. The van der Waals surface area contributed by atoms with E-state index in [1.54, 1.807) is 40.1 Å². The first kappa shape index (κ1) is 18.5. The Labute approximate surface area is 166 Å². The molecule has 1 aliphatic heterocycles. The Bertz CT molecular complexity index is 904. The topological polar surface area (TPSA) is 60.0 Å². The average Bonchev–Trinajstić information content (AvgIpc) is 3.38. The number of rotatable bonds is 6. The van der Waals surface area contributed by atoms with Crippen LogP contribution in [0.4, 0.5) is 5.13 Å². The number of hydrogen-bond acceptors (Lipinski definition) is 6. The second kappa shape index (κ2) is 8.43. The molecule has 6 nitrogen and oxygen atoms in total. The molecule has 2 aromatic heterocycles. The van der Waals surface area contributed by atoms with Crippen LogP contribution in [-0.2, 0) is 4.74 Å². The third kappa shape index (κ3) is 4.03. The molecule has 0 spiro atoms. The van der Waals surface area contributed by atoms with Crippen molar-refractivity contribution in [3.05, 3.63) is 42.4 Å².